The van der Waals surface area contributed by atoms with E-state index >= 15 is 0 Å². The van der Waals surface area contributed by atoms with Crippen molar-refractivity contribution in [3.8, 4) is 11.6 Å². The summed E-state index contributed by atoms with van der Waals surface area (Å²) < 4.78 is 5.40. The van der Waals surface area contributed by atoms with E-state index in [-0.39, 0.29) is 17.7 Å². The molecule has 2 heterocycles. The van der Waals surface area contributed by atoms with Gasteiger partial charge in [0.2, 0.25) is 5.91 Å². The van der Waals surface area contributed by atoms with Crippen molar-refractivity contribution in [2.45, 2.75) is 18.7 Å². The van der Waals surface area contributed by atoms with Crippen LogP contribution in [0.25, 0.3) is 11.6 Å². The monoisotopic (exact) mass is 346 g/mol. The molecule has 1 amide bonds. The summed E-state index contributed by atoms with van der Waals surface area (Å²) in [6.45, 7) is 3.92. The maximum Gasteiger partial charge on any atom is 0.322 e. The Balaban J connectivity index is 1.56. The molecule has 2 aromatic heterocycles. The number of rotatable bonds is 5. The molecule has 118 valence electrons. The zero-order valence-electron chi connectivity index (χ0n) is 12.6. The molecule has 0 saturated carbocycles. The number of aromatic nitrogens is 3. The van der Waals surface area contributed by atoms with E-state index in [1.165, 1.54) is 28.7 Å². The number of nitrogens with one attached hydrogen (secondary N) is 1. The van der Waals surface area contributed by atoms with Crippen LogP contribution in [0.4, 0.5) is 6.01 Å². The first-order valence-electron chi connectivity index (χ1n) is 6.85. The molecule has 0 aliphatic carbocycles. The standard InChI is InChI=1S/C15H14N4O2S2/c1-9-3-5-11(6-4-9)23-8-13(20)17-15-19-18-14(21-15)12-7-22-10(2)16-12/h3-7H,8H2,1-2H3,(H,17,19,20). The van der Waals surface area contributed by atoms with Gasteiger partial charge in [-0.15, -0.1) is 28.2 Å². The SMILES string of the molecule is Cc1ccc(SCC(=O)Nc2nnc(-c3csc(C)n3)o2)cc1. The Morgan fingerprint density at radius 3 is 2.74 bits per heavy atom. The minimum absolute atomic E-state index is 0.0835. The summed E-state index contributed by atoms with van der Waals surface area (Å²) >= 11 is 2.95. The van der Waals surface area contributed by atoms with E-state index < -0.39 is 0 Å². The molecule has 0 unspecified atom stereocenters. The van der Waals surface area contributed by atoms with Crippen LogP contribution in [0.15, 0.2) is 39.0 Å². The second kappa shape index (κ2) is 6.93. The number of amides is 1. The Kier molecular flexibility index (Phi) is 4.73. The molecule has 0 atom stereocenters. The van der Waals surface area contributed by atoms with Gasteiger partial charge in [-0.05, 0) is 26.0 Å². The molecular formula is C15H14N4O2S2. The molecule has 6 nitrogen and oxygen atoms in total. The average Bonchev–Trinajstić information content (AvgIpc) is 3.16. The van der Waals surface area contributed by atoms with E-state index in [2.05, 4.69) is 20.5 Å². The summed E-state index contributed by atoms with van der Waals surface area (Å²) in [5, 5.41) is 13.0. The summed E-state index contributed by atoms with van der Waals surface area (Å²) in [7, 11) is 0. The van der Waals surface area contributed by atoms with E-state index in [1.54, 1.807) is 0 Å². The van der Waals surface area contributed by atoms with Gasteiger partial charge in [0, 0.05) is 10.3 Å². The highest BCUT2D eigenvalue weighted by Crippen LogP contribution is 2.22. The minimum Gasteiger partial charge on any atom is -0.401 e. The van der Waals surface area contributed by atoms with Crippen LogP contribution >= 0.6 is 23.1 Å². The number of thioether (sulfide) groups is 1. The Morgan fingerprint density at radius 1 is 1.26 bits per heavy atom. The highest BCUT2D eigenvalue weighted by molar-refractivity contribution is 8.00. The van der Waals surface area contributed by atoms with E-state index in [0.717, 1.165) is 9.90 Å². The van der Waals surface area contributed by atoms with Crippen molar-refractivity contribution in [3.63, 3.8) is 0 Å². The number of carbonyl (C=O) groups excluding carboxylic acids is 1. The van der Waals surface area contributed by atoms with Crippen LogP contribution in [0.2, 0.25) is 0 Å². The Hall–Kier alpha value is -2.19. The summed E-state index contributed by atoms with van der Waals surface area (Å²) in [6.07, 6.45) is 0. The molecule has 0 saturated heterocycles. The molecule has 0 aliphatic rings. The first-order chi connectivity index (χ1) is 11.1. The van der Waals surface area contributed by atoms with Crippen LogP contribution in [0, 0.1) is 13.8 Å². The van der Waals surface area contributed by atoms with Gasteiger partial charge in [-0.25, -0.2) is 4.98 Å². The Labute approximate surface area is 141 Å². The molecule has 3 rings (SSSR count). The molecule has 0 spiro atoms. The number of anilines is 1. The molecule has 1 aromatic carbocycles. The van der Waals surface area contributed by atoms with Crippen LogP contribution < -0.4 is 5.32 Å². The maximum atomic E-state index is 11.9. The van der Waals surface area contributed by atoms with Crippen molar-refractivity contribution in [2.75, 3.05) is 11.1 Å². The zero-order chi connectivity index (χ0) is 16.2. The third-order valence-corrected chi connectivity index (χ3v) is 4.69. The van der Waals surface area contributed by atoms with Crippen molar-refractivity contribution < 1.29 is 9.21 Å². The van der Waals surface area contributed by atoms with Gasteiger partial charge in [-0.3, -0.25) is 10.1 Å². The van der Waals surface area contributed by atoms with Crippen LogP contribution in [0.5, 0.6) is 0 Å². The molecule has 8 heteroatoms. The van der Waals surface area contributed by atoms with E-state index in [1.807, 2.05) is 43.5 Å². The molecule has 0 bridgehead atoms. The summed E-state index contributed by atoms with van der Waals surface area (Å²) in [5.41, 5.74) is 1.81. The second-order valence-electron chi connectivity index (χ2n) is 4.81. The van der Waals surface area contributed by atoms with Gasteiger partial charge in [0.15, 0.2) is 0 Å². The predicted molar refractivity (Wildman–Crippen MR) is 90.7 cm³/mol. The number of carbonyl (C=O) groups is 1. The molecule has 1 N–H and O–H groups in total. The maximum absolute atomic E-state index is 11.9. The number of aryl methyl sites for hydroxylation is 2. The van der Waals surface area contributed by atoms with E-state index in [4.69, 9.17) is 4.42 Å². The first kappa shape index (κ1) is 15.7. The molecule has 23 heavy (non-hydrogen) atoms. The number of hydrogen-bond donors (Lipinski definition) is 1. The molecule has 0 fully saturated rings. The van der Waals surface area contributed by atoms with Gasteiger partial charge in [0.05, 0.1) is 10.8 Å². The van der Waals surface area contributed by atoms with Gasteiger partial charge in [-0.1, -0.05) is 22.8 Å². The van der Waals surface area contributed by atoms with Gasteiger partial charge in [-0.2, -0.15) is 0 Å². The highest BCUT2D eigenvalue weighted by Gasteiger charge is 2.13. The summed E-state index contributed by atoms with van der Waals surface area (Å²) in [4.78, 5) is 17.2. The number of thiazole rings is 1. The lowest BCUT2D eigenvalue weighted by molar-refractivity contribution is -0.113. The molecule has 3 aromatic rings. The smallest absolute Gasteiger partial charge is 0.322 e. The lowest BCUT2D eigenvalue weighted by Gasteiger charge is -2.01. The van der Waals surface area contributed by atoms with Gasteiger partial charge < -0.3 is 4.42 Å². The lowest BCUT2D eigenvalue weighted by Crippen LogP contribution is -2.14. The fourth-order valence-electron chi connectivity index (χ4n) is 1.78. The van der Waals surface area contributed by atoms with Gasteiger partial charge >= 0.3 is 6.01 Å². The van der Waals surface area contributed by atoms with Crippen molar-refractivity contribution in [1.82, 2.24) is 15.2 Å². The lowest BCUT2D eigenvalue weighted by atomic mass is 10.2. The van der Waals surface area contributed by atoms with Crippen molar-refractivity contribution in [1.29, 1.82) is 0 Å². The van der Waals surface area contributed by atoms with Crippen molar-refractivity contribution in [3.05, 3.63) is 40.2 Å². The minimum atomic E-state index is -0.194. The highest BCUT2D eigenvalue weighted by atomic mass is 32.2. The second-order valence-corrected chi connectivity index (χ2v) is 6.93. The van der Waals surface area contributed by atoms with Crippen molar-refractivity contribution in [2.24, 2.45) is 0 Å². The number of nitrogens with zero attached hydrogens (tertiary/aromatic N) is 3. The first-order valence-corrected chi connectivity index (χ1v) is 8.72. The summed E-state index contributed by atoms with van der Waals surface area (Å²) in [6, 6.07) is 8.09. The van der Waals surface area contributed by atoms with Gasteiger partial charge in [0.1, 0.15) is 5.69 Å². The summed E-state index contributed by atoms with van der Waals surface area (Å²) in [5.74, 6) is 0.382. The van der Waals surface area contributed by atoms with Crippen LogP contribution in [-0.4, -0.2) is 26.8 Å². The largest absolute Gasteiger partial charge is 0.401 e. The van der Waals surface area contributed by atoms with Crippen LogP contribution in [-0.2, 0) is 4.79 Å². The molecule has 0 radical (unpaired) electrons. The van der Waals surface area contributed by atoms with Gasteiger partial charge in [0.25, 0.3) is 5.89 Å². The van der Waals surface area contributed by atoms with E-state index in [0.29, 0.717) is 11.6 Å². The fraction of sp³-hybridized carbons (Fsp3) is 0.200. The van der Waals surface area contributed by atoms with E-state index in [9.17, 15) is 4.79 Å². The Bertz CT molecular complexity index is 811. The zero-order valence-corrected chi connectivity index (χ0v) is 14.2. The normalized spacial score (nSPS) is 10.7. The topological polar surface area (TPSA) is 80.9 Å². The third kappa shape index (κ3) is 4.17. The Morgan fingerprint density at radius 2 is 2.04 bits per heavy atom. The van der Waals surface area contributed by atoms with Crippen molar-refractivity contribution >= 4 is 35.0 Å². The average molecular weight is 346 g/mol. The number of hydrogen-bond acceptors (Lipinski definition) is 7. The van der Waals surface area contributed by atoms with Crippen LogP contribution in [0.1, 0.15) is 10.6 Å². The molecular weight excluding hydrogens is 332 g/mol. The quantitative estimate of drug-likeness (QED) is 0.712. The van der Waals surface area contributed by atoms with Crippen LogP contribution in [0.3, 0.4) is 0 Å². The third-order valence-electron chi connectivity index (χ3n) is 2.90. The fourth-order valence-corrected chi connectivity index (χ4v) is 3.06. The predicted octanol–water partition coefficient (Wildman–Crippen LogP) is 3.54. The number of benzene rings is 1. The molecule has 0 aliphatic heterocycles.